The minimum Gasteiger partial charge on any atom is -0.340 e. The van der Waals surface area contributed by atoms with Crippen LogP contribution in [0.3, 0.4) is 0 Å². The maximum absolute atomic E-state index is 13.9. The van der Waals surface area contributed by atoms with Gasteiger partial charge in [-0.1, -0.05) is 27.2 Å². The molecule has 4 rings (SSSR count). The Bertz CT molecular complexity index is 1030. The molecule has 1 amide bonds. The average molecular weight is 444 g/mol. The highest BCUT2D eigenvalue weighted by atomic mass is 19.2. The van der Waals surface area contributed by atoms with Crippen LogP contribution in [0.2, 0.25) is 0 Å². The van der Waals surface area contributed by atoms with Gasteiger partial charge >= 0.3 is 0 Å². The van der Waals surface area contributed by atoms with E-state index in [9.17, 15) is 18.4 Å². The fourth-order valence-electron chi connectivity index (χ4n) is 4.46. The number of rotatable bonds is 6. The van der Waals surface area contributed by atoms with E-state index in [1.54, 1.807) is 0 Å². The molecular weight excluding hydrogens is 412 g/mol. The molecule has 2 aromatic rings. The van der Waals surface area contributed by atoms with Gasteiger partial charge in [0.25, 0.3) is 5.91 Å². The van der Waals surface area contributed by atoms with Crippen LogP contribution in [-0.4, -0.2) is 27.3 Å². The molecule has 32 heavy (non-hydrogen) atoms. The maximum Gasteiger partial charge on any atom is 0.272 e. The predicted molar refractivity (Wildman–Crippen MR) is 118 cm³/mol. The molecule has 172 valence electrons. The van der Waals surface area contributed by atoms with Crippen molar-refractivity contribution in [2.75, 3.05) is 0 Å². The van der Waals surface area contributed by atoms with Crippen molar-refractivity contribution in [3.8, 4) is 11.4 Å². The van der Waals surface area contributed by atoms with Gasteiger partial charge in [-0.15, -0.1) is 0 Å². The minimum atomic E-state index is -0.946. The molecule has 0 saturated heterocycles. The Balaban J connectivity index is 1.68. The van der Waals surface area contributed by atoms with Crippen LogP contribution in [0.5, 0.6) is 0 Å². The number of benzene rings is 1. The summed E-state index contributed by atoms with van der Waals surface area (Å²) in [4.78, 5) is 30.9. The van der Waals surface area contributed by atoms with Crippen molar-refractivity contribution >= 4 is 11.7 Å². The number of hydrogen-bond acceptors (Lipinski definition) is 3. The predicted octanol–water partition coefficient (Wildman–Crippen LogP) is 5.07. The molecule has 0 bridgehead atoms. The van der Waals surface area contributed by atoms with Crippen molar-refractivity contribution in [1.82, 2.24) is 14.9 Å². The van der Waals surface area contributed by atoms with Crippen LogP contribution < -0.4 is 5.32 Å². The van der Waals surface area contributed by atoms with Gasteiger partial charge in [0.15, 0.2) is 17.4 Å². The van der Waals surface area contributed by atoms with Gasteiger partial charge in [0.2, 0.25) is 0 Å². The molecule has 2 heterocycles. The van der Waals surface area contributed by atoms with Gasteiger partial charge in [-0.25, -0.2) is 13.8 Å². The Morgan fingerprint density at radius 3 is 2.56 bits per heavy atom. The van der Waals surface area contributed by atoms with Gasteiger partial charge in [-0.3, -0.25) is 9.59 Å². The van der Waals surface area contributed by atoms with Crippen LogP contribution in [0, 0.1) is 23.0 Å². The van der Waals surface area contributed by atoms with Crippen molar-refractivity contribution in [1.29, 1.82) is 0 Å². The second-order valence-electron chi connectivity index (χ2n) is 10.2. The first-order valence-electron chi connectivity index (χ1n) is 11.5. The van der Waals surface area contributed by atoms with E-state index in [-0.39, 0.29) is 17.4 Å². The Morgan fingerprint density at radius 1 is 1.16 bits per heavy atom. The molecule has 1 aliphatic heterocycles. The molecule has 0 radical (unpaired) electrons. The fourth-order valence-corrected chi connectivity index (χ4v) is 4.46. The third kappa shape index (κ3) is 4.76. The zero-order valence-electron chi connectivity index (χ0n) is 19.0. The van der Waals surface area contributed by atoms with Gasteiger partial charge in [0.05, 0.1) is 11.7 Å². The minimum absolute atomic E-state index is 0.0551. The van der Waals surface area contributed by atoms with Crippen molar-refractivity contribution in [3.63, 3.8) is 0 Å². The lowest BCUT2D eigenvalue weighted by molar-refractivity contribution is -0.123. The molecule has 5 nitrogen and oxygen atoms in total. The Morgan fingerprint density at radius 2 is 1.91 bits per heavy atom. The molecular formula is C25H31F2N3O2. The number of nitrogens with zero attached hydrogens (tertiary/aromatic N) is 2. The highest BCUT2D eigenvalue weighted by Crippen LogP contribution is 2.35. The van der Waals surface area contributed by atoms with Crippen LogP contribution in [0.15, 0.2) is 18.2 Å². The topological polar surface area (TPSA) is 64.0 Å². The van der Waals surface area contributed by atoms with Crippen molar-refractivity contribution in [2.24, 2.45) is 11.3 Å². The first kappa shape index (κ1) is 22.6. The van der Waals surface area contributed by atoms with E-state index in [0.29, 0.717) is 36.7 Å². The fraction of sp³-hybridized carbons (Fsp3) is 0.560. The first-order valence-corrected chi connectivity index (χ1v) is 11.5. The molecule has 1 N–H and O–H groups in total. The summed E-state index contributed by atoms with van der Waals surface area (Å²) in [5.74, 6) is -1.29. The molecule has 2 aliphatic rings. The maximum atomic E-state index is 13.9. The van der Waals surface area contributed by atoms with Crippen LogP contribution in [-0.2, 0) is 17.8 Å². The summed E-state index contributed by atoms with van der Waals surface area (Å²) in [6, 6.07) is 3.08. The van der Waals surface area contributed by atoms with E-state index in [1.165, 1.54) is 6.07 Å². The van der Waals surface area contributed by atoms with Crippen LogP contribution in [0.1, 0.15) is 75.5 Å². The van der Waals surface area contributed by atoms with E-state index < -0.39 is 23.1 Å². The molecule has 0 unspecified atom stereocenters. The number of aromatic nitrogens is 2. The van der Waals surface area contributed by atoms with Crippen molar-refractivity contribution < 1.29 is 18.4 Å². The first-order chi connectivity index (χ1) is 15.1. The molecule has 0 spiro atoms. The van der Waals surface area contributed by atoms with Crippen LogP contribution in [0.25, 0.3) is 11.4 Å². The van der Waals surface area contributed by atoms with Crippen molar-refractivity contribution in [3.05, 3.63) is 41.2 Å². The zero-order valence-corrected chi connectivity index (χ0v) is 19.0. The number of fused-ring (bicyclic) bond motifs is 1. The molecule has 1 atom stereocenters. The quantitative estimate of drug-likeness (QED) is 0.678. The van der Waals surface area contributed by atoms with E-state index in [0.717, 1.165) is 49.9 Å². The summed E-state index contributed by atoms with van der Waals surface area (Å²) in [7, 11) is 0. The van der Waals surface area contributed by atoms with E-state index in [2.05, 4.69) is 10.3 Å². The van der Waals surface area contributed by atoms with Gasteiger partial charge < -0.3 is 9.88 Å². The number of amides is 1. The Kier molecular flexibility index (Phi) is 6.19. The molecule has 1 aliphatic carbocycles. The average Bonchev–Trinajstić information content (AvgIpc) is 3.51. The summed E-state index contributed by atoms with van der Waals surface area (Å²) in [5, 5.41) is 2.96. The molecule has 1 fully saturated rings. The van der Waals surface area contributed by atoms with E-state index in [4.69, 9.17) is 0 Å². The number of ketones is 1. The zero-order chi connectivity index (χ0) is 23.0. The second-order valence-corrected chi connectivity index (χ2v) is 10.2. The van der Waals surface area contributed by atoms with Gasteiger partial charge in [0.1, 0.15) is 11.5 Å². The van der Waals surface area contributed by atoms with E-state index >= 15 is 0 Å². The second kappa shape index (κ2) is 8.75. The third-order valence-corrected chi connectivity index (χ3v) is 6.41. The van der Waals surface area contributed by atoms with Crippen LogP contribution in [0.4, 0.5) is 8.78 Å². The largest absolute Gasteiger partial charge is 0.340 e. The van der Waals surface area contributed by atoms with Gasteiger partial charge in [-0.2, -0.15) is 0 Å². The van der Waals surface area contributed by atoms with Crippen LogP contribution >= 0.6 is 0 Å². The number of halogens is 2. The number of carbonyl (C=O) groups excluding carboxylic acids is 2. The Hall–Kier alpha value is -2.57. The van der Waals surface area contributed by atoms with E-state index in [1.807, 2.05) is 25.3 Å². The summed E-state index contributed by atoms with van der Waals surface area (Å²) in [5.41, 5.74) is 1.08. The highest BCUT2D eigenvalue weighted by Gasteiger charge is 2.37. The summed E-state index contributed by atoms with van der Waals surface area (Å²) in [6.07, 6.45) is 6.17. The SMILES string of the molecule is CC(C)(C)[C@H](NC(=O)c1nc(-c2ccc(F)c(F)c2)n2c1CCCCC2)C(=O)CC1CC1. The van der Waals surface area contributed by atoms with Gasteiger partial charge in [0, 0.05) is 18.5 Å². The normalized spacial score (nSPS) is 17.4. The van der Waals surface area contributed by atoms with Gasteiger partial charge in [-0.05, 0) is 61.6 Å². The number of imidazole rings is 1. The monoisotopic (exact) mass is 443 g/mol. The third-order valence-electron chi connectivity index (χ3n) is 6.41. The summed E-state index contributed by atoms with van der Waals surface area (Å²) >= 11 is 0. The molecule has 1 aromatic carbocycles. The highest BCUT2D eigenvalue weighted by molar-refractivity contribution is 5.98. The molecule has 7 heteroatoms. The smallest absolute Gasteiger partial charge is 0.272 e. The van der Waals surface area contributed by atoms with Crippen molar-refractivity contribution in [2.45, 2.75) is 78.3 Å². The molecule has 1 aromatic heterocycles. The Labute approximate surface area is 187 Å². The summed E-state index contributed by atoms with van der Waals surface area (Å²) < 4.78 is 29.3. The number of hydrogen-bond donors (Lipinski definition) is 1. The number of Topliss-reactive ketones (excluding diaryl/α,β-unsaturated/α-hetero) is 1. The number of carbonyl (C=O) groups is 2. The molecule has 1 saturated carbocycles. The lowest BCUT2D eigenvalue weighted by Gasteiger charge is -2.30. The lowest BCUT2D eigenvalue weighted by Crippen LogP contribution is -2.49. The lowest BCUT2D eigenvalue weighted by atomic mass is 9.82. The summed E-state index contributed by atoms with van der Waals surface area (Å²) in [6.45, 7) is 6.50. The number of nitrogens with one attached hydrogen (secondary N) is 1. The standard InChI is InChI=1S/C25H31F2N3O2/c1-25(2,3)22(20(31)13-15-8-9-15)29-24(32)21-19-7-5-4-6-12-30(19)23(28-21)16-10-11-17(26)18(27)14-16/h10-11,14-15,22H,4-9,12-13H2,1-3H3,(H,29,32)/t22-/m1/s1.